The average molecular weight is 535 g/mol. The molecule has 1 amide bonds. The van der Waals surface area contributed by atoms with Gasteiger partial charge in [-0.2, -0.15) is 0 Å². The molecule has 6 nitrogen and oxygen atoms in total. The fraction of sp³-hybridized carbons (Fsp3) is 0.269. The minimum Gasteiger partial charge on any atom is -0.491 e. The second-order valence-electron chi connectivity index (χ2n) is 8.19. The summed E-state index contributed by atoms with van der Waals surface area (Å²) in [6, 6.07) is 20.2. The lowest BCUT2D eigenvalue weighted by molar-refractivity contribution is -0.119. The first-order chi connectivity index (χ1) is 16.7. The summed E-state index contributed by atoms with van der Waals surface area (Å²) in [4.78, 5) is 12.8. The number of amides is 1. The van der Waals surface area contributed by atoms with Crippen LogP contribution in [0.2, 0.25) is 10.0 Å². The number of aryl methyl sites for hydroxylation is 1. The van der Waals surface area contributed by atoms with Gasteiger partial charge in [0.1, 0.15) is 12.3 Å². The standard InChI is InChI=1S/C26H28Cl2N2O4S/c1-19(2)34-22-10-6-8-20(16-22)9-7-15-29-26(31)18-30(25-14-13-21(27)17-24(25)28)35(32,33)23-11-4-3-5-12-23/h3-6,8,10-14,16-17,19H,7,9,15,18H2,1-2H3,(H,29,31). The normalized spacial score (nSPS) is 11.3. The minimum atomic E-state index is -4.04. The lowest BCUT2D eigenvalue weighted by atomic mass is 10.1. The summed E-state index contributed by atoms with van der Waals surface area (Å²) in [6.45, 7) is 3.92. The number of hydrogen-bond acceptors (Lipinski definition) is 4. The van der Waals surface area contributed by atoms with Crippen LogP contribution in [0.1, 0.15) is 25.8 Å². The predicted octanol–water partition coefficient (Wildman–Crippen LogP) is 5.72. The summed E-state index contributed by atoms with van der Waals surface area (Å²) in [5.74, 6) is 0.371. The van der Waals surface area contributed by atoms with Gasteiger partial charge in [-0.3, -0.25) is 9.10 Å². The topological polar surface area (TPSA) is 75.7 Å². The van der Waals surface area contributed by atoms with E-state index in [1.807, 2.05) is 38.1 Å². The van der Waals surface area contributed by atoms with Gasteiger partial charge in [-0.05, 0) is 74.7 Å². The van der Waals surface area contributed by atoms with Gasteiger partial charge in [0.05, 0.1) is 21.7 Å². The van der Waals surface area contributed by atoms with E-state index in [1.54, 1.807) is 18.2 Å². The Morgan fingerprint density at radius 3 is 2.43 bits per heavy atom. The van der Waals surface area contributed by atoms with E-state index < -0.39 is 22.5 Å². The first-order valence-electron chi connectivity index (χ1n) is 11.2. The number of benzene rings is 3. The van der Waals surface area contributed by atoms with E-state index in [0.29, 0.717) is 18.0 Å². The van der Waals surface area contributed by atoms with Crippen molar-refractivity contribution in [1.29, 1.82) is 0 Å². The van der Waals surface area contributed by atoms with Crippen LogP contribution in [-0.4, -0.2) is 33.5 Å². The smallest absolute Gasteiger partial charge is 0.264 e. The molecule has 0 unspecified atom stereocenters. The largest absolute Gasteiger partial charge is 0.491 e. The van der Waals surface area contributed by atoms with Gasteiger partial charge in [-0.15, -0.1) is 0 Å². The number of ether oxygens (including phenoxy) is 1. The van der Waals surface area contributed by atoms with E-state index in [0.717, 1.165) is 22.0 Å². The molecule has 0 aliphatic rings. The van der Waals surface area contributed by atoms with Crippen molar-refractivity contribution in [3.05, 3.63) is 88.4 Å². The molecule has 0 aliphatic heterocycles. The third-order valence-electron chi connectivity index (χ3n) is 5.03. The lowest BCUT2D eigenvalue weighted by Gasteiger charge is -2.25. The molecule has 9 heteroatoms. The van der Waals surface area contributed by atoms with Crippen LogP contribution in [0.15, 0.2) is 77.7 Å². The second kappa shape index (κ2) is 12.3. The Labute approximate surface area is 216 Å². The number of halogens is 2. The number of sulfonamides is 1. The highest BCUT2D eigenvalue weighted by atomic mass is 35.5. The number of hydrogen-bond donors (Lipinski definition) is 1. The fourth-order valence-electron chi connectivity index (χ4n) is 3.46. The van der Waals surface area contributed by atoms with Crippen molar-refractivity contribution in [2.24, 2.45) is 0 Å². The third kappa shape index (κ3) is 7.62. The van der Waals surface area contributed by atoms with Gasteiger partial charge < -0.3 is 10.1 Å². The van der Waals surface area contributed by atoms with Gasteiger partial charge >= 0.3 is 0 Å². The summed E-state index contributed by atoms with van der Waals surface area (Å²) in [5, 5.41) is 3.31. The zero-order chi connectivity index (χ0) is 25.4. The molecule has 0 aromatic heterocycles. The lowest BCUT2D eigenvalue weighted by Crippen LogP contribution is -2.41. The summed E-state index contributed by atoms with van der Waals surface area (Å²) in [7, 11) is -4.04. The van der Waals surface area contributed by atoms with Gasteiger partial charge in [-0.25, -0.2) is 8.42 Å². The van der Waals surface area contributed by atoms with Crippen LogP contribution in [0.5, 0.6) is 5.75 Å². The molecule has 3 aromatic carbocycles. The van der Waals surface area contributed by atoms with E-state index in [2.05, 4.69) is 5.32 Å². The van der Waals surface area contributed by atoms with Crippen LogP contribution in [-0.2, 0) is 21.2 Å². The van der Waals surface area contributed by atoms with Crippen molar-refractivity contribution in [3.63, 3.8) is 0 Å². The van der Waals surface area contributed by atoms with Crippen molar-refractivity contribution in [1.82, 2.24) is 5.32 Å². The number of nitrogens with one attached hydrogen (secondary N) is 1. The average Bonchev–Trinajstić information content (AvgIpc) is 2.81. The SMILES string of the molecule is CC(C)Oc1cccc(CCCNC(=O)CN(c2ccc(Cl)cc2Cl)S(=O)(=O)c2ccccc2)c1. The molecule has 0 bridgehead atoms. The maximum absolute atomic E-state index is 13.4. The Balaban J connectivity index is 1.67. The molecule has 3 aromatic rings. The van der Waals surface area contributed by atoms with Gasteiger partial charge in [0, 0.05) is 11.6 Å². The quantitative estimate of drug-likeness (QED) is 0.319. The maximum Gasteiger partial charge on any atom is 0.264 e. The Bertz CT molecular complexity index is 1250. The molecule has 0 aliphatic carbocycles. The Hall–Kier alpha value is -2.74. The monoisotopic (exact) mass is 534 g/mol. The second-order valence-corrected chi connectivity index (χ2v) is 10.9. The van der Waals surface area contributed by atoms with Gasteiger partial charge in [0.2, 0.25) is 5.91 Å². The van der Waals surface area contributed by atoms with E-state index in [1.165, 1.54) is 30.3 Å². The number of nitrogens with zero attached hydrogens (tertiary/aromatic N) is 1. The number of carbonyl (C=O) groups excluding carboxylic acids is 1. The number of carbonyl (C=O) groups is 1. The van der Waals surface area contributed by atoms with Crippen LogP contribution >= 0.6 is 23.2 Å². The molecule has 35 heavy (non-hydrogen) atoms. The molecule has 1 N–H and O–H groups in total. The van der Waals surface area contributed by atoms with Crippen LogP contribution in [0.25, 0.3) is 0 Å². The van der Waals surface area contributed by atoms with Crippen molar-refractivity contribution < 1.29 is 17.9 Å². The van der Waals surface area contributed by atoms with Crippen LogP contribution in [0.4, 0.5) is 5.69 Å². The highest BCUT2D eigenvalue weighted by molar-refractivity contribution is 7.92. The van der Waals surface area contributed by atoms with Gasteiger partial charge in [0.25, 0.3) is 10.0 Å². The number of anilines is 1. The van der Waals surface area contributed by atoms with Crippen molar-refractivity contribution in [2.75, 3.05) is 17.4 Å². The summed E-state index contributed by atoms with van der Waals surface area (Å²) >= 11 is 12.3. The highest BCUT2D eigenvalue weighted by Crippen LogP contribution is 2.32. The summed E-state index contributed by atoms with van der Waals surface area (Å²) in [5.41, 5.74) is 1.27. The molecular weight excluding hydrogens is 507 g/mol. The van der Waals surface area contributed by atoms with Crippen LogP contribution in [0.3, 0.4) is 0 Å². The fourth-order valence-corrected chi connectivity index (χ4v) is 5.48. The molecule has 0 fully saturated rings. The first-order valence-corrected chi connectivity index (χ1v) is 13.4. The zero-order valence-corrected chi connectivity index (χ0v) is 21.9. The van der Waals surface area contributed by atoms with E-state index in [-0.39, 0.29) is 21.7 Å². The third-order valence-corrected chi connectivity index (χ3v) is 7.34. The van der Waals surface area contributed by atoms with Gasteiger partial charge in [0.15, 0.2) is 0 Å². The predicted molar refractivity (Wildman–Crippen MR) is 141 cm³/mol. The van der Waals surface area contributed by atoms with E-state index in [4.69, 9.17) is 27.9 Å². The highest BCUT2D eigenvalue weighted by Gasteiger charge is 2.28. The molecule has 0 radical (unpaired) electrons. The molecule has 0 saturated carbocycles. The minimum absolute atomic E-state index is 0.0577. The van der Waals surface area contributed by atoms with Crippen molar-refractivity contribution in [2.45, 2.75) is 37.7 Å². The molecule has 0 spiro atoms. The van der Waals surface area contributed by atoms with E-state index >= 15 is 0 Å². The maximum atomic E-state index is 13.4. The molecule has 0 atom stereocenters. The summed E-state index contributed by atoms with van der Waals surface area (Å²) in [6.07, 6.45) is 1.52. The molecular formula is C26H28Cl2N2O4S. The molecule has 186 valence electrons. The molecule has 3 rings (SSSR count). The Kier molecular flexibility index (Phi) is 9.43. The molecule has 0 heterocycles. The van der Waals surface area contributed by atoms with Crippen LogP contribution in [0, 0.1) is 0 Å². The van der Waals surface area contributed by atoms with Crippen molar-refractivity contribution >= 4 is 44.8 Å². The molecule has 0 saturated heterocycles. The van der Waals surface area contributed by atoms with Gasteiger partial charge in [-0.1, -0.05) is 53.5 Å². The van der Waals surface area contributed by atoms with Crippen LogP contribution < -0.4 is 14.4 Å². The van der Waals surface area contributed by atoms with Crippen molar-refractivity contribution in [3.8, 4) is 5.75 Å². The summed E-state index contributed by atoms with van der Waals surface area (Å²) < 4.78 is 33.5. The Morgan fingerprint density at radius 1 is 1.00 bits per heavy atom. The number of rotatable bonds is 11. The first kappa shape index (κ1) is 26.9. The zero-order valence-electron chi connectivity index (χ0n) is 19.6. The van der Waals surface area contributed by atoms with E-state index in [9.17, 15) is 13.2 Å². The Morgan fingerprint density at radius 2 is 1.74 bits per heavy atom.